The SMILES string of the molecule is CC1(C)O[C@H]([C@@H]2OC(C)(C)O[C@H]2C(=O)O)[C@@H](COC(=O)[C@@H]2OC(C)(C)O[C@H]2[C@H]2OC(C)(C)O[C@@H]2CO)O1. The molecule has 0 aromatic rings. The van der Waals surface area contributed by atoms with Crippen LogP contribution >= 0.6 is 0 Å². The summed E-state index contributed by atoms with van der Waals surface area (Å²) in [4.78, 5) is 25.1. The largest absolute Gasteiger partial charge is 0.479 e. The van der Waals surface area contributed by atoms with Crippen LogP contribution < -0.4 is 0 Å². The van der Waals surface area contributed by atoms with E-state index in [1.807, 2.05) is 0 Å². The summed E-state index contributed by atoms with van der Waals surface area (Å²) >= 11 is 0. The summed E-state index contributed by atoms with van der Waals surface area (Å²) in [7, 11) is 0. The van der Waals surface area contributed by atoms with Crippen LogP contribution in [0.25, 0.3) is 0 Å². The molecule has 0 saturated carbocycles. The second kappa shape index (κ2) is 9.65. The Labute approximate surface area is 215 Å². The standard InChI is InChI=1S/C24H38O13/c1-21(2)30-11(9-25)13(32-21)16-18(37-24(7,8)35-16)20(28)29-10-12-14(33-22(3,4)31-12)15-17(19(26)27)36-23(5,6)34-15/h11-18,25H,9-10H2,1-8H3,(H,26,27)/t11-,12-,13+,14+,15+,16+,17-,18-/m1/s1. The van der Waals surface area contributed by atoms with Crippen LogP contribution in [0.3, 0.4) is 0 Å². The minimum absolute atomic E-state index is 0.274. The molecule has 0 radical (unpaired) electrons. The van der Waals surface area contributed by atoms with Gasteiger partial charge in [-0.1, -0.05) is 0 Å². The van der Waals surface area contributed by atoms with Gasteiger partial charge in [-0.2, -0.15) is 0 Å². The van der Waals surface area contributed by atoms with Gasteiger partial charge in [-0.3, -0.25) is 0 Å². The van der Waals surface area contributed by atoms with Crippen LogP contribution in [0.1, 0.15) is 55.4 Å². The number of hydrogen-bond acceptors (Lipinski definition) is 12. The fourth-order valence-electron chi connectivity index (χ4n) is 5.23. The maximum absolute atomic E-state index is 13.2. The Bertz CT molecular complexity index is 884. The fourth-order valence-corrected chi connectivity index (χ4v) is 5.23. The second-order valence-electron chi connectivity index (χ2n) is 11.5. The maximum atomic E-state index is 13.2. The zero-order valence-electron chi connectivity index (χ0n) is 22.4. The quantitative estimate of drug-likeness (QED) is 0.440. The molecule has 4 fully saturated rings. The molecule has 0 bridgehead atoms. The summed E-state index contributed by atoms with van der Waals surface area (Å²) in [5.74, 6) is -6.31. The Kier molecular flexibility index (Phi) is 7.45. The first kappa shape index (κ1) is 28.6. The van der Waals surface area contributed by atoms with Crippen LogP contribution in [-0.2, 0) is 52.2 Å². The lowest BCUT2D eigenvalue weighted by atomic mass is 10.0. The van der Waals surface area contributed by atoms with Crippen LogP contribution in [-0.4, -0.2) is 107 Å². The van der Waals surface area contributed by atoms with Crippen molar-refractivity contribution in [1.82, 2.24) is 0 Å². The van der Waals surface area contributed by atoms with Crippen molar-refractivity contribution in [3.63, 3.8) is 0 Å². The molecular weight excluding hydrogens is 496 g/mol. The summed E-state index contributed by atoms with van der Waals surface area (Å²) in [6.07, 6.45) is -7.69. The number of carbonyl (C=O) groups is 2. The van der Waals surface area contributed by atoms with Gasteiger partial charge in [0.05, 0.1) is 6.61 Å². The lowest BCUT2D eigenvalue weighted by molar-refractivity contribution is -0.178. The van der Waals surface area contributed by atoms with E-state index in [1.54, 1.807) is 55.4 Å². The number of carboxylic acids is 1. The number of carbonyl (C=O) groups excluding carboxylic acids is 1. The topological polar surface area (TPSA) is 158 Å². The van der Waals surface area contributed by atoms with Gasteiger partial charge in [0, 0.05) is 0 Å². The molecule has 0 spiro atoms. The maximum Gasteiger partial charge on any atom is 0.338 e. The first-order chi connectivity index (χ1) is 16.9. The molecule has 4 heterocycles. The smallest absolute Gasteiger partial charge is 0.338 e. The van der Waals surface area contributed by atoms with E-state index < -0.39 is 83.9 Å². The van der Waals surface area contributed by atoms with Gasteiger partial charge in [0.1, 0.15) is 43.2 Å². The third-order valence-electron chi connectivity index (χ3n) is 6.39. The number of aliphatic hydroxyl groups excluding tert-OH is 1. The van der Waals surface area contributed by atoms with Gasteiger partial charge in [0.25, 0.3) is 0 Å². The number of esters is 1. The molecule has 0 amide bonds. The van der Waals surface area contributed by atoms with Gasteiger partial charge in [-0.05, 0) is 55.4 Å². The molecule has 4 aliphatic rings. The highest BCUT2D eigenvalue weighted by atomic mass is 16.8. The van der Waals surface area contributed by atoms with Gasteiger partial charge in [-0.15, -0.1) is 0 Å². The van der Waals surface area contributed by atoms with Gasteiger partial charge in [-0.25, -0.2) is 9.59 Å². The highest BCUT2D eigenvalue weighted by molar-refractivity contribution is 5.76. The molecule has 0 aromatic heterocycles. The highest BCUT2D eigenvalue weighted by Gasteiger charge is 2.58. The molecule has 13 heteroatoms. The van der Waals surface area contributed by atoms with E-state index in [9.17, 15) is 19.8 Å². The minimum atomic E-state index is -1.30. The fraction of sp³-hybridized carbons (Fsp3) is 0.917. The second-order valence-corrected chi connectivity index (χ2v) is 11.5. The first-order valence-electron chi connectivity index (χ1n) is 12.4. The molecule has 4 saturated heterocycles. The predicted molar refractivity (Wildman–Crippen MR) is 121 cm³/mol. The summed E-state index contributed by atoms with van der Waals surface area (Å²) in [5, 5.41) is 19.5. The first-order valence-corrected chi connectivity index (χ1v) is 12.4. The van der Waals surface area contributed by atoms with Crippen molar-refractivity contribution < 1.29 is 62.4 Å². The van der Waals surface area contributed by atoms with E-state index in [4.69, 9.17) is 42.6 Å². The molecular formula is C24H38O13. The molecule has 212 valence electrons. The molecule has 4 rings (SSSR count). The van der Waals surface area contributed by atoms with E-state index in [2.05, 4.69) is 0 Å². The number of aliphatic hydroxyl groups is 1. The van der Waals surface area contributed by atoms with Gasteiger partial charge in [0.2, 0.25) is 0 Å². The van der Waals surface area contributed by atoms with Crippen LogP contribution in [0.5, 0.6) is 0 Å². The van der Waals surface area contributed by atoms with Crippen molar-refractivity contribution in [1.29, 1.82) is 0 Å². The van der Waals surface area contributed by atoms with Crippen LogP contribution in [0.4, 0.5) is 0 Å². The average molecular weight is 535 g/mol. The molecule has 37 heavy (non-hydrogen) atoms. The lowest BCUT2D eigenvalue weighted by Gasteiger charge is -2.26. The number of hydrogen-bond donors (Lipinski definition) is 2. The molecule has 0 aromatic carbocycles. The Morgan fingerprint density at radius 3 is 1.54 bits per heavy atom. The normalized spacial score (nSPS) is 41.6. The van der Waals surface area contributed by atoms with Crippen molar-refractivity contribution in [2.75, 3.05) is 13.2 Å². The molecule has 0 aliphatic carbocycles. The zero-order valence-corrected chi connectivity index (χ0v) is 22.4. The van der Waals surface area contributed by atoms with Gasteiger partial charge in [0.15, 0.2) is 35.4 Å². The summed E-state index contributed by atoms with van der Waals surface area (Å²) in [6, 6.07) is 0. The minimum Gasteiger partial charge on any atom is -0.479 e. The van der Waals surface area contributed by atoms with E-state index in [-0.39, 0.29) is 13.2 Å². The Morgan fingerprint density at radius 2 is 1.03 bits per heavy atom. The van der Waals surface area contributed by atoms with Crippen molar-refractivity contribution in [2.45, 2.75) is 127 Å². The van der Waals surface area contributed by atoms with E-state index in [0.717, 1.165) is 0 Å². The third-order valence-corrected chi connectivity index (χ3v) is 6.39. The molecule has 13 nitrogen and oxygen atoms in total. The molecule has 0 unspecified atom stereocenters. The van der Waals surface area contributed by atoms with Crippen LogP contribution in [0, 0.1) is 0 Å². The van der Waals surface area contributed by atoms with Crippen molar-refractivity contribution in [3.05, 3.63) is 0 Å². The Balaban J connectivity index is 1.48. The number of rotatable bonds is 7. The summed E-state index contributed by atoms with van der Waals surface area (Å²) in [6.45, 7) is 12.6. The van der Waals surface area contributed by atoms with Crippen molar-refractivity contribution in [2.24, 2.45) is 0 Å². The van der Waals surface area contributed by atoms with E-state index in [0.29, 0.717) is 0 Å². The lowest BCUT2D eigenvalue weighted by Crippen LogP contribution is -2.48. The van der Waals surface area contributed by atoms with E-state index >= 15 is 0 Å². The number of ether oxygens (including phenoxy) is 9. The third kappa shape index (κ3) is 6.10. The Hall–Kier alpha value is -1.42. The molecule has 8 atom stereocenters. The van der Waals surface area contributed by atoms with Gasteiger partial charge >= 0.3 is 11.9 Å². The number of aliphatic carboxylic acids is 1. The summed E-state index contributed by atoms with van der Waals surface area (Å²) < 4.78 is 52.3. The summed E-state index contributed by atoms with van der Waals surface area (Å²) in [5.41, 5.74) is 0. The molecule has 4 aliphatic heterocycles. The zero-order chi connectivity index (χ0) is 27.6. The van der Waals surface area contributed by atoms with E-state index in [1.165, 1.54) is 0 Å². The van der Waals surface area contributed by atoms with Gasteiger partial charge < -0.3 is 52.8 Å². The number of carboxylic acid groups (broad SMARTS) is 1. The molecule has 2 N–H and O–H groups in total. The Morgan fingerprint density at radius 1 is 0.622 bits per heavy atom. The van der Waals surface area contributed by atoms with Crippen LogP contribution in [0.15, 0.2) is 0 Å². The van der Waals surface area contributed by atoms with Crippen molar-refractivity contribution >= 4 is 11.9 Å². The monoisotopic (exact) mass is 534 g/mol. The predicted octanol–water partition coefficient (Wildman–Crippen LogP) is 0.687. The van der Waals surface area contributed by atoms with Crippen molar-refractivity contribution in [3.8, 4) is 0 Å². The average Bonchev–Trinajstić information content (AvgIpc) is 3.45. The van der Waals surface area contributed by atoms with Crippen LogP contribution in [0.2, 0.25) is 0 Å². The highest BCUT2D eigenvalue weighted by Crippen LogP contribution is 2.40.